The van der Waals surface area contributed by atoms with Crippen LogP contribution in [0.5, 0.6) is 0 Å². The van der Waals surface area contributed by atoms with Gasteiger partial charge >= 0.3 is 5.00 Å². The van der Waals surface area contributed by atoms with Gasteiger partial charge in [0.2, 0.25) is 10.3 Å². The van der Waals surface area contributed by atoms with E-state index in [0.29, 0.717) is 15.0 Å². The summed E-state index contributed by atoms with van der Waals surface area (Å²) in [6.07, 6.45) is 1.44. The van der Waals surface area contributed by atoms with E-state index >= 15 is 0 Å². The van der Waals surface area contributed by atoms with Crippen LogP contribution in [0.4, 0.5) is 15.3 Å². The second-order valence-corrected chi connectivity index (χ2v) is 7.55. The average molecular weight is 428 g/mol. The van der Waals surface area contributed by atoms with E-state index in [4.69, 9.17) is 23.2 Å². The summed E-state index contributed by atoms with van der Waals surface area (Å²) in [4.78, 5) is 27.1. The van der Waals surface area contributed by atoms with Crippen LogP contribution in [-0.4, -0.2) is 27.2 Å². The minimum absolute atomic E-state index is 0.0245. The fourth-order valence-corrected chi connectivity index (χ4v) is 3.56. The van der Waals surface area contributed by atoms with Crippen LogP contribution in [0.2, 0.25) is 10.0 Å². The summed E-state index contributed by atoms with van der Waals surface area (Å²) in [5.74, 6) is -0.452. The predicted molar refractivity (Wildman–Crippen MR) is 103 cm³/mol. The van der Waals surface area contributed by atoms with E-state index in [-0.39, 0.29) is 20.7 Å². The van der Waals surface area contributed by atoms with Crippen molar-refractivity contribution >= 4 is 73.3 Å². The van der Waals surface area contributed by atoms with Crippen molar-refractivity contribution in [2.45, 2.75) is 0 Å². The van der Waals surface area contributed by atoms with Crippen LogP contribution in [0.3, 0.4) is 0 Å². The standard InChI is InChI=1S/C14H7Cl2N5O3S2/c15-7-1-3-9(10(16)5-7)12(22)18-14-20-19-13(26-14)17-6-8-2-4-11(25-8)21(23)24/h1-6H,(H,18,20,22)/b17-6+. The molecule has 0 saturated heterocycles. The quantitative estimate of drug-likeness (QED) is 0.356. The van der Waals surface area contributed by atoms with Crippen molar-refractivity contribution in [3.63, 3.8) is 0 Å². The summed E-state index contributed by atoms with van der Waals surface area (Å²) in [5, 5.41) is 22.1. The van der Waals surface area contributed by atoms with Gasteiger partial charge in [0.15, 0.2) is 0 Å². The van der Waals surface area contributed by atoms with Crippen LogP contribution in [0.15, 0.2) is 35.3 Å². The van der Waals surface area contributed by atoms with Gasteiger partial charge in [-0.25, -0.2) is 4.99 Å². The Morgan fingerprint density at radius 3 is 2.73 bits per heavy atom. The number of nitrogens with one attached hydrogen (secondary N) is 1. The second kappa shape index (κ2) is 7.87. The van der Waals surface area contributed by atoms with E-state index in [1.165, 1.54) is 24.4 Å². The molecule has 0 unspecified atom stereocenters. The third-order valence-corrected chi connectivity index (χ3v) is 5.17. The van der Waals surface area contributed by atoms with Gasteiger partial charge in [-0.1, -0.05) is 45.9 Å². The molecular weight excluding hydrogens is 421 g/mol. The zero-order valence-corrected chi connectivity index (χ0v) is 15.7. The highest BCUT2D eigenvalue weighted by molar-refractivity contribution is 7.19. The van der Waals surface area contributed by atoms with Gasteiger partial charge in [0.05, 0.1) is 20.4 Å². The molecule has 3 aromatic rings. The third kappa shape index (κ3) is 4.41. The highest BCUT2D eigenvalue weighted by Crippen LogP contribution is 2.27. The zero-order chi connectivity index (χ0) is 18.7. The normalized spacial score (nSPS) is 11.0. The van der Waals surface area contributed by atoms with E-state index in [0.717, 1.165) is 22.7 Å². The monoisotopic (exact) mass is 427 g/mol. The number of halogens is 2. The van der Waals surface area contributed by atoms with Gasteiger partial charge in [0, 0.05) is 17.3 Å². The summed E-state index contributed by atoms with van der Waals surface area (Å²) in [5.41, 5.74) is 0.252. The van der Waals surface area contributed by atoms with Crippen LogP contribution < -0.4 is 5.32 Å². The van der Waals surface area contributed by atoms with Gasteiger partial charge in [-0.05, 0) is 24.3 Å². The van der Waals surface area contributed by atoms with Crippen LogP contribution in [0, 0.1) is 10.1 Å². The molecule has 0 spiro atoms. The largest absolute Gasteiger partial charge is 0.324 e. The molecule has 0 radical (unpaired) electrons. The predicted octanol–water partition coefficient (Wildman–Crippen LogP) is 4.82. The Bertz CT molecular complexity index is 1020. The van der Waals surface area contributed by atoms with Crippen molar-refractivity contribution in [1.29, 1.82) is 0 Å². The molecule has 0 aliphatic rings. The summed E-state index contributed by atoms with van der Waals surface area (Å²) in [6, 6.07) is 7.50. The first-order valence-electron chi connectivity index (χ1n) is 6.80. The van der Waals surface area contributed by atoms with Gasteiger partial charge in [0.1, 0.15) is 0 Å². The van der Waals surface area contributed by atoms with Gasteiger partial charge in [0.25, 0.3) is 5.91 Å². The maximum atomic E-state index is 12.2. The molecule has 0 aliphatic carbocycles. The van der Waals surface area contributed by atoms with Gasteiger partial charge in [-0.2, -0.15) is 0 Å². The second-order valence-electron chi connectivity index (χ2n) is 4.66. The van der Waals surface area contributed by atoms with E-state index < -0.39 is 10.8 Å². The van der Waals surface area contributed by atoms with E-state index in [1.54, 1.807) is 12.1 Å². The van der Waals surface area contributed by atoms with Crippen LogP contribution in [0.1, 0.15) is 15.2 Å². The highest BCUT2D eigenvalue weighted by Gasteiger charge is 2.14. The molecule has 2 heterocycles. The zero-order valence-electron chi connectivity index (χ0n) is 12.6. The first kappa shape index (κ1) is 18.4. The molecule has 1 amide bonds. The summed E-state index contributed by atoms with van der Waals surface area (Å²) in [7, 11) is 0. The molecule has 2 aromatic heterocycles. The Labute approximate surface area is 164 Å². The van der Waals surface area contributed by atoms with Crippen molar-refractivity contribution in [3.8, 4) is 0 Å². The lowest BCUT2D eigenvalue weighted by atomic mass is 10.2. The first-order valence-corrected chi connectivity index (χ1v) is 9.19. The summed E-state index contributed by atoms with van der Waals surface area (Å²) < 4.78 is 0. The van der Waals surface area contributed by atoms with Crippen molar-refractivity contribution in [3.05, 3.63) is 60.9 Å². The lowest BCUT2D eigenvalue weighted by molar-refractivity contribution is -0.380. The van der Waals surface area contributed by atoms with Gasteiger partial charge < -0.3 is 0 Å². The number of anilines is 1. The molecule has 1 N–H and O–H groups in total. The Kier molecular flexibility index (Phi) is 5.57. The number of nitro groups is 1. The number of aromatic nitrogens is 2. The van der Waals surface area contributed by atoms with Crippen LogP contribution >= 0.6 is 45.9 Å². The molecule has 1 aromatic carbocycles. The summed E-state index contributed by atoms with van der Waals surface area (Å²) in [6.45, 7) is 0. The van der Waals surface area contributed by atoms with Crippen molar-refractivity contribution in [2.24, 2.45) is 4.99 Å². The molecule has 0 aliphatic heterocycles. The Morgan fingerprint density at radius 2 is 2.04 bits per heavy atom. The van der Waals surface area contributed by atoms with Crippen molar-refractivity contribution < 1.29 is 9.72 Å². The number of aliphatic imine (C=N–C) groups is 1. The molecule has 132 valence electrons. The lowest BCUT2D eigenvalue weighted by Crippen LogP contribution is -2.12. The number of benzene rings is 1. The molecule has 0 bridgehead atoms. The Morgan fingerprint density at radius 1 is 1.23 bits per heavy atom. The molecule has 3 rings (SSSR count). The average Bonchev–Trinajstić information content (AvgIpc) is 3.22. The van der Waals surface area contributed by atoms with Crippen molar-refractivity contribution in [2.75, 3.05) is 5.32 Å². The minimum Gasteiger partial charge on any atom is -0.296 e. The molecule has 0 atom stereocenters. The topological polar surface area (TPSA) is 110 Å². The molecule has 0 saturated carbocycles. The number of hydrogen-bond donors (Lipinski definition) is 1. The lowest BCUT2D eigenvalue weighted by Gasteiger charge is -2.03. The highest BCUT2D eigenvalue weighted by atomic mass is 35.5. The smallest absolute Gasteiger partial charge is 0.296 e. The fourth-order valence-electron chi connectivity index (χ4n) is 1.78. The van der Waals surface area contributed by atoms with E-state index in [9.17, 15) is 14.9 Å². The maximum absolute atomic E-state index is 12.2. The van der Waals surface area contributed by atoms with Gasteiger partial charge in [-0.3, -0.25) is 20.2 Å². The van der Waals surface area contributed by atoms with Crippen molar-refractivity contribution in [1.82, 2.24) is 10.2 Å². The van der Waals surface area contributed by atoms with Crippen LogP contribution in [-0.2, 0) is 0 Å². The number of rotatable bonds is 5. The van der Waals surface area contributed by atoms with E-state index in [1.807, 2.05) is 0 Å². The maximum Gasteiger partial charge on any atom is 0.324 e. The molecule has 12 heteroatoms. The number of nitrogens with zero attached hydrogens (tertiary/aromatic N) is 4. The molecule has 26 heavy (non-hydrogen) atoms. The number of carbonyl (C=O) groups excluding carboxylic acids is 1. The first-order chi connectivity index (χ1) is 12.4. The molecular formula is C14H7Cl2N5O3S2. The molecule has 8 nitrogen and oxygen atoms in total. The minimum atomic E-state index is -0.470. The Balaban J connectivity index is 1.68. The number of carbonyl (C=O) groups is 1. The Hall–Kier alpha value is -2.40. The number of hydrogen-bond acceptors (Lipinski definition) is 8. The number of amides is 1. The van der Waals surface area contributed by atoms with E-state index in [2.05, 4.69) is 20.5 Å². The summed E-state index contributed by atoms with van der Waals surface area (Å²) >= 11 is 13.8. The molecule has 0 fully saturated rings. The number of thiophene rings is 1. The third-order valence-electron chi connectivity index (χ3n) is 2.91. The van der Waals surface area contributed by atoms with Gasteiger partial charge in [-0.15, -0.1) is 10.2 Å². The fraction of sp³-hybridized carbons (Fsp3) is 0. The SMILES string of the molecule is O=C(Nc1nnc(/N=C/c2ccc([N+](=O)[O-])s2)s1)c1ccc(Cl)cc1Cl. The van der Waals surface area contributed by atoms with Crippen LogP contribution in [0.25, 0.3) is 0 Å².